The molecule has 0 saturated carbocycles. The molecule has 5 nitrogen and oxygen atoms in total. The molecule has 0 aliphatic rings. The molecule has 0 atom stereocenters. The number of carbonyl (C=O) groups excluding carboxylic acids is 1. The van der Waals surface area contributed by atoms with Crippen molar-refractivity contribution in [2.75, 3.05) is 13.7 Å². The van der Waals surface area contributed by atoms with Gasteiger partial charge in [-0.15, -0.1) is 0 Å². The quantitative estimate of drug-likeness (QED) is 0.886. The fraction of sp³-hybridized carbons (Fsp3) is 0.333. The first-order chi connectivity index (χ1) is 10.9. The summed E-state index contributed by atoms with van der Waals surface area (Å²) in [5, 5.41) is 6.12. The molecular formula is C15H16F3N3O2. The van der Waals surface area contributed by atoms with Crippen LogP contribution in [-0.2, 0) is 13.0 Å². The highest BCUT2D eigenvalue weighted by molar-refractivity contribution is 5.92. The van der Waals surface area contributed by atoms with Gasteiger partial charge in [0.05, 0.1) is 7.11 Å². The number of hydrogen-bond donors (Lipinski definition) is 1. The smallest absolute Gasteiger partial charge is 0.408 e. The first-order valence-electron chi connectivity index (χ1n) is 6.89. The fourth-order valence-corrected chi connectivity index (χ4v) is 2.13. The topological polar surface area (TPSA) is 56.1 Å². The summed E-state index contributed by atoms with van der Waals surface area (Å²) in [7, 11) is 1.55. The van der Waals surface area contributed by atoms with Crippen LogP contribution < -0.4 is 10.1 Å². The normalized spacial score (nSPS) is 11.3. The molecule has 2 rings (SSSR count). The molecular weight excluding hydrogens is 311 g/mol. The lowest BCUT2D eigenvalue weighted by Crippen LogP contribution is -2.30. The molecule has 0 bridgehead atoms. The van der Waals surface area contributed by atoms with Gasteiger partial charge in [0, 0.05) is 12.7 Å². The van der Waals surface area contributed by atoms with Gasteiger partial charge < -0.3 is 10.1 Å². The summed E-state index contributed by atoms with van der Waals surface area (Å²) >= 11 is 0. The molecule has 2 aromatic rings. The number of hydrogen-bond acceptors (Lipinski definition) is 3. The molecule has 124 valence electrons. The van der Waals surface area contributed by atoms with Crippen LogP contribution in [0.1, 0.15) is 16.1 Å². The Labute approximate surface area is 131 Å². The summed E-state index contributed by atoms with van der Waals surface area (Å²) in [6.45, 7) is -1.02. The summed E-state index contributed by atoms with van der Waals surface area (Å²) in [6.07, 6.45) is -2.76. The van der Waals surface area contributed by atoms with Crippen molar-refractivity contribution in [2.24, 2.45) is 0 Å². The van der Waals surface area contributed by atoms with E-state index in [0.717, 1.165) is 5.56 Å². The van der Waals surface area contributed by atoms with Crippen LogP contribution >= 0.6 is 0 Å². The van der Waals surface area contributed by atoms with E-state index in [1.807, 2.05) is 18.2 Å². The highest BCUT2D eigenvalue weighted by atomic mass is 19.4. The minimum Gasteiger partial charge on any atom is -0.496 e. The first kappa shape index (κ1) is 16.9. The Hall–Kier alpha value is -2.51. The molecule has 1 heterocycles. The number of nitrogens with one attached hydrogen (secondary N) is 1. The number of alkyl halides is 3. The average molecular weight is 327 g/mol. The Morgan fingerprint density at radius 3 is 2.74 bits per heavy atom. The maximum Gasteiger partial charge on any atom is 0.408 e. The van der Waals surface area contributed by atoms with Crippen molar-refractivity contribution in [1.82, 2.24) is 15.1 Å². The molecule has 0 fully saturated rings. The van der Waals surface area contributed by atoms with Crippen LogP contribution in [0.4, 0.5) is 13.2 Å². The minimum atomic E-state index is -4.43. The predicted molar refractivity (Wildman–Crippen MR) is 77.3 cm³/mol. The number of aromatic nitrogens is 2. The maximum absolute atomic E-state index is 12.4. The van der Waals surface area contributed by atoms with Crippen molar-refractivity contribution < 1.29 is 22.7 Å². The lowest BCUT2D eigenvalue weighted by atomic mass is 10.1. The Morgan fingerprint density at radius 2 is 2.04 bits per heavy atom. The molecule has 1 aromatic heterocycles. The van der Waals surface area contributed by atoms with Gasteiger partial charge in [0.2, 0.25) is 0 Å². The van der Waals surface area contributed by atoms with Crippen LogP contribution in [0, 0.1) is 0 Å². The van der Waals surface area contributed by atoms with Crippen LogP contribution in [0.2, 0.25) is 0 Å². The zero-order chi connectivity index (χ0) is 16.9. The zero-order valence-electron chi connectivity index (χ0n) is 12.4. The Balaban J connectivity index is 1.94. The van der Waals surface area contributed by atoms with E-state index in [4.69, 9.17) is 4.74 Å². The fourth-order valence-electron chi connectivity index (χ4n) is 2.13. The third-order valence-electron chi connectivity index (χ3n) is 3.15. The van der Waals surface area contributed by atoms with E-state index in [-0.39, 0.29) is 12.2 Å². The van der Waals surface area contributed by atoms with E-state index in [1.165, 1.54) is 12.3 Å². The number of ether oxygens (including phenoxy) is 1. The second-order valence-electron chi connectivity index (χ2n) is 4.81. The zero-order valence-corrected chi connectivity index (χ0v) is 12.4. The SMILES string of the molecule is COc1ccccc1CCNC(=O)c1ccnn1CC(F)(F)F. The molecule has 1 amide bonds. The number of nitrogens with zero attached hydrogens (tertiary/aromatic N) is 2. The van der Waals surface area contributed by atoms with E-state index in [1.54, 1.807) is 13.2 Å². The molecule has 0 spiro atoms. The van der Waals surface area contributed by atoms with E-state index in [2.05, 4.69) is 10.4 Å². The molecule has 1 N–H and O–H groups in total. The summed E-state index contributed by atoms with van der Waals surface area (Å²) < 4.78 is 43.1. The number of carbonyl (C=O) groups is 1. The van der Waals surface area contributed by atoms with Crippen molar-refractivity contribution >= 4 is 5.91 Å². The predicted octanol–water partition coefficient (Wildman–Crippen LogP) is 2.43. The lowest BCUT2D eigenvalue weighted by Gasteiger charge is -2.11. The maximum atomic E-state index is 12.4. The summed E-state index contributed by atoms with van der Waals surface area (Å²) in [4.78, 5) is 12.0. The van der Waals surface area contributed by atoms with Crippen LogP contribution in [0.15, 0.2) is 36.5 Å². The van der Waals surface area contributed by atoms with Crippen molar-refractivity contribution in [3.05, 3.63) is 47.8 Å². The Bertz CT molecular complexity index is 668. The van der Waals surface area contributed by atoms with E-state index < -0.39 is 18.6 Å². The molecule has 1 aromatic carbocycles. The second kappa shape index (κ2) is 7.17. The molecule has 8 heteroatoms. The first-order valence-corrected chi connectivity index (χ1v) is 6.89. The molecule has 23 heavy (non-hydrogen) atoms. The number of benzene rings is 1. The average Bonchev–Trinajstić information content (AvgIpc) is 2.93. The van der Waals surface area contributed by atoms with Gasteiger partial charge in [-0.1, -0.05) is 18.2 Å². The van der Waals surface area contributed by atoms with Gasteiger partial charge in [0.25, 0.3) is 5.91 Å². The third kappa shape index (κ3) is 4.73. The van der Waals surface area contributed by atoms with Gasteiger partial charge in [0.1, 0.15) is 18.0 Å². The van der Waals surface area contributed by atoms with Gasteiger partial charge in [-0.25, -0.2) is 0 Å². The minimum absolute atomic E-state index is 0.123. The van der Waals surface area contributed by atoms with E-state index >= 15 is 0 Å². The number of methoxy groups -OCH3 is 1. The van der Waals surface area contributed by atoms with Crippen molar-refractivity contribution in [3.8, 4) is 5.75 Å². The standard InChI is InChI=1S/C15H16F3N3O2/c1-23-13-5-3-2-4-11(13)6-8-19-14(22)12-7-9-20-21(12)10-15(16,17)18/h2-5,7,9H,6,8,10H2,1H3,(H,19,22). The molecule has 0 unspecified atom stereocenters. The summed E-state index contributed by atoms with van der Waals surface area (Å²) in [5.74, 6) is 0.102. The van der Waals surface area contributed by atoms with Gasteiger partial charge in [-0.2, -0.15) is 18.3 Å². The number of rotatable bonds is 6. The molecule has 0 aliphatic carbocycles. The van der Waals surface area contributed by atoms with Crippen molar-refractivity contribution in [3.63, 3.8) is 0 Å². The highest BCUT2D eigenvalue weighted by Crippen LogP contribution is 2.18. The molecule has 0 aliphatic heterocycles. The second-order valence-corrected chi connectivity index (χ2v) is 4.81. The van der Waals surface area contributed by atoms with Crippen LogP contribution in [0.5, 0.6) is 5.75 Å². The van der Waals surface area contributed by atoms with Gasteiger partial charge in [-0.05, 0) is 24.1 Å². The monoisotopic (exact) mass is 327 g/mol. The number of amides is 1. The number of halogens is 3. The van der Waals surface area contributed by atoms with Crippen molar-refractivity contribution in [2.45, 2.75) is 19.1 Å². The van der Waals surface area contributed by atoms with Gasteiger partial charge in [0.15, 0.2) is 0 Å². The molecule has 0 radical (unpaired) electrons. The largest absolute Gasteiger partial charge is 0.496 e. The van der Waals surface area contributed by atoms with E-state index in [0.29, 0.717) is 16.9 Å². The van der Waals surface area contributed by atoms with Gasteiger partial charge >= 0.3 is 6.18 Å². The third-order valence-corrected chi connectivity index (χ3v) is 3.15. The highest BCUT2D eigenvalue weighted by Gasteiger charge is 2.30. The summed E-state index contributed by atoms with van der Waals surface area (Å²) in [5.41, 5.74) is 0.779. The lowest BCUT2D eigenvalue weighted by molar-refractivity contribution is -0.142. The van der Waals surface area contributed by atoms with Crippen LogP contribution in [0.3, 0.4) is 0 Å². The van der Waals surface area contributed by atoms with E-state index in [9.17, 15) is 18.0 Å². The Kier molecular flexibility index (Phi) is 5.25. The molecule has 0 saturated heterocycles. The van der Waals surface area contributed by atoms with Crippen LogP contribution in [0.25, 0.3) is 0 Å². The summed E-state index contributed by atoms with van der Waals surface area (Å²) in [6, 6.07) is 8.59. The van der Waals surface area contributed by atoms with Crippen molar-refractivity contribution in [1.29, 1.82) is 0 Å². The Morgan fingerprint density at radius 1 is 1.30 bits per heavy atom. The number of para-hydroxylation sites is 1. The van der Waals surface area contributed by atoms with Gasteiger partial charge in [-0.3, -0.25) is 9.48 Å². The van der Waals surface area contributed by atoms with Crippen LogP contribution in [-0.4, -0.2) is 35.5 Å².